The van der Waals surface area contributed by atoms with Gasteiger partial charge in [-0.2, -0.15) is 0 Å². The Bertz CT molecular complexity index is 803. The monoisotopic (exact) mass is 282 g/mol. The summed E-state index contributed by atoms with van der Waals surface area (Å²) in [4.78, 5) is 23.2. The highest BCUT2D eigenvalue weighted by molar-refractivity contribution is 7.18. The Morgan fingerprint density at radius 1 is 1.05 bits per heavy atom. The van der Waals surface area contributed by atoms with Gasteiger partial charge >= 0.3 is 0 Å². The first-order valence-electron chi connectivity index (χ1n) is 6.40. The molecule has 4 heteroatoms. The minimum atomic E-state index is -0.0432. The van der Waals surface area contributed by atoms with Crippen molar-refractivity contribution >= 4 is 27.3 Å². The molecule has 0 amide bonds. The quantitative estimate of drug-likeness (QED) is 0.670. The van der Waals surface area contributed by atoms with Crippen LogP contribution in [0.25, 0.3) is 10.2 Å². The number of aryl methyl sites for hydroxylation is 3. The van der Waals surface area contributed by atoms with E-state index in [1.165, 1.54) is 11.2 Å². The number of benzene rings is 1. The minimum Gasteiger partial charge on any atom is -0.287 e. The van der Waals surface area contributed by atoms with Crippen LogP contribution in [0.15, 0.2) is 30.6 Å². The number of hydrogen-bond donors (Lipinski definition) is 0. The summed E-state index contributed by atoms with van der Waals surface area (Å²) >= 11 is 1.60. The molecule has 0 aliphatic rings. The SMILES string of the molecule is Cc1ccc(C(=O)c2ncnc3sc(C)c(C)c23)cc1. The van der Waals surface area contributed by atoms with E-state index in [2.05, 4.69) is 9.97 Å². The lowest BCUT2D eigenvalue weighted by atomic mass is 10.0. The Labute approximate surface area is 121 Å². The van der Waals surface area contributed by atoms with Crippen LogP contribution in [0.4, 0.5) is 0 Å². The molecule has 0 saturated carbocycles. The van der Waals surface area contributed by atoms with E-state index in [0.717, 1.165) is 21.3 Å². The number of aromatic nitrogens is 2. The van der Waals surface area contributed by atoms with Crippen molar-refractivity contribution in [1.82, 2.24) is 9.97 Å². The molecular weight excluding hydrogens is 268 g/mol. The van der Waals surface area contributed by atoms with E-state index in [1.807, 2.05) is 45.0 Å². The normalized spacial score (nSPS) is 10.9. The number of rotatable bonds is 2. The zero-order valence-electron chi connectivity index (χ0n) is 11.6. The fourth-order valence-electron chi connectivity index (χ4n) is 2.20. The molecule has 1 aromatic carbocycles. The zero-order valence-corrected chi connectivity index (χ0v) is 12.4. The van der Waals surface area contributed by atoms with Crippen molar-refractivity contribution in [2.45, 2.75) is 20.8 Å². The molecule has 0 aliphatic heterocycles. The molecule has 0 fully saturated rings. The lowest BCUT2D eigenvalue weighted by Gasteiger charge is -2.03. The predicted octanol–water partition coefficient (Wildman–Crippen LogP) is 3.85. The highest BCUT2D eigenvalue weighted by Crippen LogP contribution is 2.30. The molecule has 0 aliphatic carbocycles. The van der Waals surface area contributed by atoms with Crippen LogP contribution in [0.3, 0.4) is 0 Å². The van der Waals surface area contributed by atoms with Crippen LogP contribution in [0, 0.1) is 20.8 Å². The standard InChI is InChI=1S/C16H14N2OS/c1-9-4-6-12(7-5-9)15(19)14-13-10(2)11(3)20-16(13)18-8-17-14/h4-8H,1-3H3. The first-order valence-corrected chi connectivity index (χ1v) is 7.21. The summed E-state index contributed by atoms with van der Waals surface area (Å²) in [6, 6.07) is 7.58. The third-order valence-electron chi connectivity index (χ3n) is 3.49. The summed E-state index contributed by atoms with van der Waals surface area (Å²) in [7, 11) is 0. The Morgan fingerprint density at radius 2 is 1.75 bits per heavy atom. The van der Waals surface area contributed by atoms with Crippen LogP contribution in [0.1, 0.15) is 32.1 Å². The van der Waals surface area contributed by atoms with Crippen molar-refractivity contribution in [1.29, 1.82) is 0 Å². The van der Waals surface area contributed by atoms with Gasteiger partial charge in [-0.15, -0.1) is 11.3 Å². The molecule has 0 N–H and O–H groups in total. The molecule has 3 aromatic rings. The lowest BCUT2D eigenvalue weighted by Crippen LogP contribution is -2.05. The van der Waals surface area contributed by atoms with E-state index < -0.39 is 0 Å². The first kappa shape index (κ1) is 12.9. The third-order valence-corrected chi connectivity index (χ3v) is 4.61. The lowest BCUT2D eigenvalue weighted by molar-refractivity contribution is 0.103. The van der Waals surface area contributed by atoms with Gasteiger partial charge in [0, 0.05) is 15.8 Å². The highest BCUT2D eigenvalue weighted by atomic mass is 32.1. The second kappa shape index (κ2) is 4.80. The molecule has 0 saturated heterocycles. The van der Waals surface area contributed by atoms with E-state index in [-0.39, 0.29) is 5.78 Å². The van der Waals surface area contributed by atoms with Gasteiger partial charge in [0.1, 0.15) is 16.9 Å². The average Bonchev–Trinajstić information content (AvgIpc) is 2.74. The van der Waals surface area contributed by atoms with Gasteiger partial charge in [0.05, 0.1) is 0 Å². The molecule has 2 heterocycles. The molecule has 0 spiro atoms. The zero-order chi connectivity index (χ0) is 14.3. The molecule has 20 heavy (non-hydrogen) atoms. The van der Waals surface area contributed by atoms with Crippen LogP contribution < -0.4 is 0 Å². The molecule has 100 valence electrons. The van der Waals surface area contributed by atoms with Crippen molar-refractivity contribution in [3.8, 4) is 0 Å². The molecule has 0 unspecified atom stereocenters. The maximum atomic E-state index is 12.6. The molecular formula is C16H14N2OS. The van der Waals surface area contributed by atoms with Gasteiger partial charge in [-0.1, -0.05) is 29.8 Å². The van der Waals surface area contributed by atoms with Gasteiger partial charge in [0.2, 0.25) is 5.78 Å². The van der Waals surface area contributed by atoms with Gasteiger partial charge in [-0.05, 0) is 26.3 Å². The average molecular weight is 282 g/mol. The second-order valence-electron chi connectivity index (χ2n) is 4.88. The van der Waals surface area contributed by atoms with Crippen molar-refractivity contribution in [2.24, 2.45) is 0 Å². The summed E-state index contributed by atoms with van der Waals surface area (Å²) in [6.07, 6.45) is 1.47. The molecule has 0 bridgehead atoms. The summed E-state index contributed by atoms with van der Waals surface area (Å²) in [6.45, 7) is 6.06. The second-order valence-corrected chi connectivity index (χ2v) is 6.08. The van der Waals surface area contributed by atoms with Gasteiger partial charge < -0.3 is 0 Å². The van der Waals surface area contributed by atoms with Crippen LogP contribution in [0.5, 0.6) is 0 Å². The number of fused-ring (bicyclic) bond motifs is 1. The van der Waals surface area contributed by atoms with E-state index in [4.69, 9.17) is 0 Å². The van der Waals surface area contributed by atoms with Crippen molar-refractivity contribution < 1.29 is 4.79 Å². The Hall–Kier alpha value is -2.07. The van der Waals surface area contributed by atoms with Crippen molar-refractivity contribution in [3.63, 3.8) is 0 Å². The number of hydrogen-bond acceptors (Lipinski definition) is 4. The molecule has 2 aromatic heterocycles. The van der Waals surface area contributed by atoms with Crippen LogP contribution >= 0.6 is 11.3 Å². The van der Waals surface area contributed by atoms with Crippen molar-refractivity contribution in [3.05, 3.63) is 57.9 Å². The number of thiophene rings is 1. The van der Waals surface area contributed by atoms with Gasteiger partial charge in [-0.3, -0.25) is 4.79 Å². The number of carbonyl (C=O) groups excluding carboxylic acids is 1. The predicted molar refractivity (Wildman–Crippen MR) is 81.5 cm³/mol. The van der Waals surface area contributed by atoms with Crippen molar-refractivity contribution in [2.75, 3.05) is 0 Å². The minimum absolute atomic E-state index is 0.0432. The Balaban J connectivity index is 2.19. The van der Waals surface area contributed by atoms with E-state index in [9.17, 15) is 4.79 Å². The van der Waals surface area contributed by atoms with Crippen LogP contribution in [0.2, 0.25) is 0 Å². The molecule has 0 radical (unpaired) electrons. The fourth-order valence-corrected chi connectivity index (χ4v) is 3.19. The maximum Gasteiger partial charge on any atom is 0.212 e. The number of ketones is 1. The summed E-state index contributed by atoms with van der Waals surface area (Å²) in [5.41, 5.74) is 3.40. The number of carbonyl (C=O) groups is 1. The molecule has 0 atom stereocenters. The molecule has 3 rings (SSSR count). The van der Waals surface area contributed by atoms with E-state index >= 15 is 0 Å². The van der Waals surface area contributed by atoms with Gasteiger partial charge in [-0.25, -0.2) is 9.97 Å². The first-order chi connectivity index (χ1) is 9.58. The summed E-state index contributed by atoms with van der Waals surface area (Å²) in [5.74, 6) is -0.0432. The molecule has 3 nitrogen and oxygen atoms in total. The smallest absolute Gasteiger partial charge is 0.212 e. The highest BCUT2D eigenvalue weighted by Gasteiger charge is 2.18. The topological polar surface area (TPSA) is 42.9 Å². The van der Waals surface area contributed by atoms with E-state index in [0.29, 0.717) is 11.3 Å². The Morgan fingerprint density at radius 3 is 2.45 bits per heavy atom. The van der Waals surface area contributed by atoms with Crippen LogP contribution in [-0.4, -0.2) is 15.8 Å². The largest absolute Gasteiger partial charge is 0.287 e. The fraction of sp³-hybridized carbons (Fsp3) is 0.188. The third kappa shape index (κ3) is 2.02. The number of nitrogens with zero attached hydrogens (tertiary/aromatic N) is 2. The summed E-state index contributed by atoms with van der Waals surface area (Å²) in [5, 5.41) is 0.889. The van der Waals surface area contributed by atoms with E-state index in [1.54, 1.807) is 11.3 Å². The summed E-state index contributed by atoms with van der Waals surface area (Å²) < 4.78 is 0. The van der Waals surface area contributed by atoms with Gasteiger partial charge in [0.25, 0.3) is 0 Å². The maximum absolute atomic E-state index is 12.6. The Kier molecular flexibility index (Phi) is 3.10. The van der Waals surface area contributed by atoms with Crippen LogP contribution in [-0.2, 0) is 0 Å². The van der Waals surface area contributed by atoms with Gasteiger partial charge in [0.15, 0.2) is 0 Å².